The first kappa shape index (κ1) is 48.1. The number of aryl methyl sites for hydroxylation is 1. The smallest absolute Gasteiger partial charge is 0.476 e. The number of aromatic nitrogens is 2. The average molecular weight is 932 g/mol. The van der Waals surface area contributed by atoms with E-state index in [2.05, 4.69) is 4.98 Å². The Balaban J connectivity index is 1.34. The molecule has 2 heterocycles. The Morgan fingerprint density at radius 1 is 0.806 bits per heavy atom. The lowest BCUT2D eigenvalue weighted by Crippen LogP contribution is -2.38. The van der Waals surface area contributed by atoms with E-state index in [9.17, 15) is 19.6 Å². The highest BCUT2D eigenvalue weighted by Gasteiger charge is 2.47. The molecule has 1 fully saturated rings. The summed E-state index contributed by atoms with van der Waals surface area (Å²) in [5.41, 5.74) is 0.0895. The Bertz CT molecular complexity index is 2760. The van der Waals surface area contributed by atoms with E-state index in [0.717, 1.165) is 5.56 Å². The van der Waals surface area contributed by atoms with E-state index in [0.29, 0.717) is 34.1 Å². The molecule has 0 amide bonds. The second-order valence-corrected chi connectivity index (χ2v) is 16.9. The van der Waals surface area contributed by atoms with Crippen LogP contribution in [0.5, 0.6) is 23.0 Å². The number of benzene rings is 5. The number of methoxy groups -OCH3 is 4. The third kappa shape index (κ3) is 10.9. The molecule has 1 aromatic heterocycles. The van der Waals surface area contributed by atoms with Crippen molar-refractivity contribution < 1.29 is 51.4 Å². The number of ether oxygens (including phenoxy) is 6. The summed E-state index contributed by atoms with van der Waals surface area (Å²) in [6.45, 7) is 0.853. The summed E-state index contributed by atoms with van der Waals surface area (Å²) in [6.07, 6.45) is -4.13. The standard InChI is InChI=1S/C50H50N3O13P/c1-33-31-53(49(56)52-48(33)55)45-30-43(65-67(57,63-26-12-25-51)66-47(46(54)34-13-8-6-9-14-34)35-27-41(60-4)29-42(28-35)61-5)44(64-45)32-62-50(36-15-10-7-11-16-36,37-17-21-39(58-2)22-18-37)38-19-23-40(59-3)24-20-38/h6-11,13-24,27-29,31,43-45,47H,12,26,30,32H2,1-5H3,(H,52,55,56)/t43-,44+,45+,47?,67?/m0/s1. The minimum absolute atomic E-state index is 0.151. The molecule has 5 aromatic carbocycles. The lowest BCUT2D eigenvalue weighted by Gasteiger charge is -2.37. The van der Waals surface area contributed by atoms with Crippen molar-refractivity contribution in [2.45, 2.75) is 49.9 Å². The van der Waals surface area contributed by atoms with Crippen LogP contribution < -0.4 is 30.2 Å². The summed E-state index contributed by atoms with van der Waals surface area (Å²) in [5.74, 6) is 1.24. The average Bonchev–Trinajstić information content (AvgIpc) is 3.76. The zero-order valence-electron chi connectivity index (χ0n) is 37.5. The molecule has 0 bridgehead atoms. The van der Waals surface area contributed by atoms with Gasteiger partial charge in [-0.25, -0.2) is 9.36 Å². The first-order valence-corrected chi connectivity index (χ1v) is 22.7. The number of ketones is 1. The van der Waals surface area contributed by atoms with Crippen LogP contribution in [-0.2, 0) is 33.2 Å². The summed E-state index contributed by atoms with van der Waals surface area (Å²) >= 11 is 0. The van der Waals surface area contributed by atoms with Crippen molar-refractivity contribution >= 4 is 13.6 Å². The molecule has 0 radical (unpaired) electrons. The summed E-state index contributed by atoms with van der Waals surface area (Å²) < 4.78 is 71.1. The van der Waals surface area contributed by atoms with Crippen molar-refractivity contribution in [3.05, 3.63) is 188 Å². The number of rotatable bonds is 21. The fourth-order valence-electron chi connectivity index (χ4n) is 7.79. The molecule has 0 saturated carbocycles. The molecule has 67 heavy (non-hydrogen) atoms. The first-order valence-electron chi connectivity index (χ1n) is 21.2. The number of carbonyl (C=O) groups excluding carboxylic acids is 1. The van der Waals surface area contributed by atoms with E-state index >= 15 is 4.57 Å². The van der Waals surface area contributed by atoms with E-state index in [1.165, 1.54) is 37.1 Å². The van der Waals surface area contributed by atoms with E-state index in [1.54, 1.807) is 57.5 Å². The second-order valence-electron chi connectivity index (χ2n) is 15.4. The zero-order chi connectivity index (χ0) is 47.6. The van der Waals surface area contributed by atoms with Gasteiger partial charge in [0.25, 0.3) is 5.56 Å². The minimum atomic E-state index is -4.94. The third-order valence-corrected chi connectivity index (χ3v) is 12.7. The lowest BCUT2D eigenvalue weighted by molar-refractivity contribution is -0.0950. The largest absolute Gasteiger partial charge is 0.497 e. The molecule has 5 atom stereocenters. The van der Waals surface area contributed by atoms with Gasteiger partial charge in [-0.3, -0.25) is 32.7 Å². The molecule has 1 aliphatic heterocycles. The number of nitrogens with zero attached hydrogens (tertiary/aromatic N) is 2. The Morgan fingerprint density at radius 3 is 1.91 bits per heavy atom. The maximum absolute atomic E-state index is 15.4. The van der Waals surface area contributed by atoms with Crippen molar-refractivity contribution in [3.63, 3.8) is 0 Å². The summed E-state index contributed by atoms with van der Waals surface area (Å²) in [6, 6.07) is 39.2. The number of hydrogen-bond acceptors (Lipinski definition) is 14. The van der Waals surface area contributed by atoms with Crippen LogP contribution >= 0.6 is 7.82 Å². The molecule has 1 saturated heterocycles. The molecule has 7 rings (SSSR count). The topological polar surface area (TPSA) is 196 Å². The molecule has 2 unspecified atom stereocenters. The predicted molar refractivity (Wildman–Crippen MR) is 246 cm³/mol. The van der Waals surface area contributed by atoms with Crippen molar-refractivity contribution in [1.29, 1.82) is 5.26 Å². The molecule has 17 heteroatoms. The number of nitrogens with one attached hydrogen (secondary N) is 1. The number of phosphoric ester groups is 1. The van der Waals surface area contributed by atoms with Crippen LogP contribution in [0.25, 0.3) is 0 Å². The zero-order valence-corrected chi connectivity index (χ0v) is 38.4. The highest BCUT2D eigenvalue weighted by molar-refractivity contribution is 7.48. The van der Waals surface area contributed by atoms with Crippen LogP contribution in [0.1, 0.15) is 63.3 Å². The van der Waals surface area contributed by atoms with Crippen LogP contribution in [0, 0.1) is 18.3 Å². The SMILES string of the molecule is COc1ccc(C(OC[C@H]2O[C@@H](n3cc(C)c(=O)[nH]c3=O)C[C@@H]2OP(=O)(OCCC#N)OC(C(=O)c2ccccc2)c2cc(OC)cc(OC)c2)(c2ccccc2)c2ccc(OC)cc2)cc1. The number of nitriles is 1. The molecule has 1 aliphatic rings. The van der Waals surface area contributed by atoms with Gasteiger partial charge < -0.3 is 28.4 Å². The van der Waals surface area contributed by atoms with Crippen molar-refractivity contribution in [2.24, 2.45) is 0 Å². The van der Waals surface area contributed by atoms with Gasteiger partial charge in [-0.05, 0) is 65.6 Å². The van der Waals surface area contributed by atoms with E-state index in [-0.39, 0.29) is 36.1 Å². The fourth-order valence-corrected chi connectivity index (χ4v) is 9.31. The Morgan fingerprint density at radius 2 is 1.36 bits per heavy atom. The maximum Gasteiger partial charge on any atom is 0.476 e. The maximum atomic E-state index is 15.4. The van der Waals surface area contributed by atoms with Gasteiger partial charge in [0.15, 0.2) is 11.9 Å². The Hall–Kier alpha value is -6.83. The number of phosphoric acid groups is 1. The number of hydrogen-bond donors (Lipinski definition) is 1. The van der Waals surface area contributed by atoms with E-state index in [4.69, 9.17) is 42.0 Å². The molecule has 348 valence electrons. The predicted octanol–water partition coefficient (Wildman–Crippen LogP) is 8.24. The van der Waals surface area contributed by atoms with Gasteiger partial charge >= 0.3 is 13.5 Å². The van der Waals surface area contributed by atoms with Crippen LogP contribution in [0.2, 0.25) is 0 Å². The van der Waals surface area contributed by atoms with Crippen molar-refractivity contribution in [2.75, 3.05) is 41.7 Å². The highest BCUT2D eigenvalue weighted by Crippen LogP contribution is 2.57. The summed E-state index contributed by atoms with van der Waals surface area (Å²) in [5, 5.41) is 9.53. The van der Waals surface area contributed by atoms with Gasteiger partial charge in [-0.15, -0.1) is 0 Å². The normalized spacial score (nSPS) is 17.2. The van der Waals surface area contributed by atoms with Gasteiger partial charge in [0.1, 0.15) is 47.0 Å². The molecular formula is C50H50N3O13P. The highest BCUT2D eigenvalue weighted by atomic mass is 31.2. The Kier molecular flexibility index (Phi) is 15.5. The summed E-state index contributed by atoms with van der Waals surface area (Å²) in [7, 11) is 1.08. The minimum Gasteiger partial charge on any atom is -0.497 e. The van der Waals surface area contributed by atoms with Crippen molar-refractivity contribution in [1.82, 2.24) is 9.55 Å². The molecule has 0 aliphatic carbocycles. The fraction of sp³-hybridized carbons (Fsp3) is 0.280. The van der Waals surface area contributed by atoms with Gasteiger partial charge in [0.2, 0.25) is 0 Å². The third-order valence-electron chi connectivity index (χ3n) is 11.2. The number of aromatic amines is 1. The van der Waals surface area contributed by atoms with Crippen LogP contribution in [-0.4, -0.2) is 69.2 Å². The van der Waals surface area contributed by atoms with Crippen molar-refractivity contribution in [3.8, 4) is 29.1 Å². The van der Waals surface area contributed by atoms with Crippen LogP contribution in [0.3, 0.4) is 0 Å². The van der Waals surface area contributed by atoms with E-state index < -0.39 is 61.6 Å². The molecular weight excluding hydrogens is 882 g/mol. The molecule has 0 spiro atoms. The quantitative estimate of drug-likeness (QED) is 0.0314. The number of Topliss-reactive ketones (excluding diaryl/α,β-unsaturated/α-hetero) is 1. The number of H-pyrrole nitrogens is 1. The van der Waals surface area contributed by atoms with E-state index in [1.807, 2.05) is 84.9 Å². The Labute approximate surface area is 387 Å². The van der Waals surface area contributed by atoms with Gasteiger partial charge in [-0.2, -0.15) is 5.26 Å². The first-order chi connectivity index (χ1) is 32.4. The summed E-state index contributed by atoms with van der Waals surface area (Å²) in [4.78, 5) is 42.7. The number of carbonyl (C=O) groups is 1. The van der Waals surface area contributed by atoms with Gasteiger partial charge in [0, 0.05) is 29.8 Å². The van der Waals surface area contributed by atoms with Crippen LogP contribution in [0.15, 0.2) is 143 Å². The monoisotopic (exact) mass is 931 g/mol. The van der Waals surface area contributed by atoms with Gasteiger partial charge in [-0.1, -0.05) is 84.9 Å². The lowest BCUT2D eigenvalue weighted by atomic mass is 9.80. The molecule has 16 nitrogen and oxygen atoms in total. The van der Waals surface area contributed by atoms with Gasteiger partial charge in [0.05, 0.1) is 54.1 Å². The molecule has 6 aromatic rings. The van der Waals surface area contributed by atoms with Crippen LogP contribution in [0.4, 0.5) is 0 Å². The second kappa shape index (κ2) is 21.6. The molecule has 1 N–H and O–H groups in total.